The van der Waals surface area contributed by atoms with Crippen molar-refractivity contribution in [2.75, 3.05) is 13.1 Å². The average molecular weight is 488 g/mol. The molecule has 0 radical (unpaired) electrons. The van der Waals surface area contributed by atoms with Gasteiger partial charge in [-0.2, -0.15) is 0 Å². The Kier molecular flexibility index (Phi) is 11.7. The predicted molar refractivity (Wildman–Crippen MR) is 132 cm³/mol. The molecule has 1 amide bonds. The molecule has 0 saturated heterocycles. The number of nitrogens with zero attached hydrogens (tertiary/aromatic N) is 1. The van der Waals surface area contributed by atoms with Crippen LogP contribution in [0.1, 0.15) is 42.1 Å². The molecule has 9 heteroatoms. The number of carbonyl (C=O) groups is 1. The number of unbranched alkanes of at least 4 members (excludes halogenated alkanes) is 2. The Hall–Kier alpha value is -1.99. The molecular weight excluding hydrogens is 459 g/mol. The number of aliphatic imine (C=N–C) groups is 1. The minimum atomic E-state index is -0.178. The Morgan fingerprint density at radius 1 is 1.10 bits per heavy atom. The largest absolute Gasteiger partial charge is 0.481 e. The van der Waals surface area contributed by atoms with Crippen LogP contribution in [0.15, 0.2) is 47.5 Å². The number of halogens is 3. The maximum Gasteiger partial charge on any atom is 0.251 e. The first kappa shape index (κ1) is 27.0. The zero-order chi connectivity index (χ0) is 20.6. The van der Waals surface area contributed by atoms with Crippen molar-refractivity contribution < 1.29 is 9.53 Å². The molecule has 1 heterocycles. The SMILES string of the molecule is CC1Oc2ccc(CNCCCCCNC(=O)c3ccc(Cl)cc3)cc2N=C1N.Cl.Cl. The average Bonchev–Trinajstić information content (AvgIpc) is 2.71. The molecule has 0 bridgehead atoms. The fraction of sp³-hybridized carbons (Fsp3) is 0.364. The first-order valence-electron chi connectivity index (χ1n) is 9.91. The minimum absolute atomic E-state index is 0. The van der Waals surface area contributed by atoms with Crippen LogP contribution < -0.4 is 21.1 Å². The van der Waals surface area contributed by atoms with Gasteiger partial charge < -0.3 is 21.1 Å². The van der Waals surface area contributed by atoms with Gasteiger partial charge in [0.05, 0.1) is 0 Å². The second kappa shape index (κ2) is 13.4. The van der Waals surface area contributed by atoms with Gasteiger partial charge in [-0.3, -0.25) is 4.79 Å². The summed E-state index contributed by atoms with van der Waals surface area (Å²) in [5, 5.41) is 7.00. The third kappa shape index (κ3) is 8.22. The molecule has 170 valence electrons. The van der Waals surface area contributed by atoms with Gasteiger partial charge in [0, 0.05) is 23.7 Å². The summed E-state index contributed by atoms with van der Waals surface area (Å²) < 4.78 is 5.72. The number of rotatable bonds is 9. The van der Waals surface area contributed by atoms with Crippen molar-refractivity contribution in [2.24, 2.45) is 10.7 Å². The zero-order valence-electron chi connectivity index (χ0n) is 17.4. The van der Waals surface area contributed by atoms with E-state index in [0.717, 1.165) is 49.4 Å². The van der Waals surface area contributed by atoms with Crippen LogP contribution in [0.4, 0.5) is 5.69 Å². The highest BCUT2D eigenvalue weighted by Crippen LogP contribution is 2.32. The lowest BCUT2D eigenvalue weighted by molar-refractivity contribution is 0.0953. The first-order chi connectivity index (χ1) is 14.0. The Balaban J connectivity index is 0.00000240. The van der Waals surface area contributed by atoms with E-state index in [4.69, 9.17) is 22.1 Å². The topological polar surface area (TPSA) is 88.7 Å². The molecule has 6 nitrogen and oxygen atoms in total. The highest BCUT2D eigenvalue weighted by Gasteiger charge is 2.18. The van der Waals surface area contributed by atoms with E-state index in [-0.39, 0.29) is 36.8 Å². The first-order valence-corrected chi connectivity index (χ1v) is 10.3. The van der Waals surface area contributed by atoms with Crippen LogP contribution in [0.25, 0.3) is 0 Å². The molecular formula is C22H29Cl3N4O2. The molecule has 0 aromatic heterocycles. The van der Waals surface area contributed by atoms with Crippen molar-refractivity contribution in [3.8, 4) is 5.75 Å². The molecule has 2 aromatic carbocycles. The van der Waals surface area contributed by atoms with Crippen LogP contribution in [0, 0.1) is 0 Å². The molecule has 4 N–H and O–H groups in total. The van der Waals surface area contributed by atoms with Crippen LogP contribution >= 0.6 is 36.4 Å². The smallest absolute Gasteiger partial charge is 0.251 e. The van der Waals surface area contributed by atoms with Gasteiger partial charge in [0.15, 0.2) is 6.10 Å². The summed E-state index contributed by atoms with van der Waals surface area (Å²) in [5.41, 5.74) is 8.43. The minimum Gasteiger partial charge on any atom is -0.481 e. The van der Waals surface area contributed by atoms with E-state index in [1.165, 1.54) is 0 Å². The lowest BCUT2D eigenvalue weighted by atomic mass is 10.1. The number of benzene rings is 2. The number of hydrogen-bond acceptors (Lipinski definition) is 5. The second-order valence-electron chi connectivity index (χ2n) is 7.10. The summed E-state index contributed by atoms with van der Waals surface area (Å²) in [4.78, 5) is 16.4. The van der Waals surface area contributed by atoms with E-state index < -0.39 is 0 Å². The number of hydrogen-bond donors (Lipinski definition) is 3. The van der Waals surface area contributed by atoms with Gasteiger partial charge >= 0.3 is 0 Å². The maximum absolute atomic E-state index is 12.0. The summed E-state index contributed by atoms with van der Waals surface area (Å²) in [6.45, 7) is 4.25. The summed E-state index contributed by atoms with van der Waals surface area (Å²) >= 11 is 5.83. The molecule has 0 aliphatic carbocycles. The predicted octanol–water partition coefficient (Wildman–Crippen LogP) is 4.64. The number of nitrogens with one attached hydrogen (secondary N) is 2. The van der Waals surface area contributed by atoms with Crippen LogP contribution in [0.2, 0.25) is 5.02 Å². The molecule has 0 saturated carbocycles. The summed E-state index contributed by atoms with van der Waals surface area (Å²) in [5.74, 6) is 1.22. The third-order valence-electron chi connectivity index (χ3n) is 4.74. The highest BCUT2D eigenvalue weighted by atomic mass is 35.5. The van der Waals surface area contributed by atoms with Gasteiger partial charge in [-0.05, 0) is 68.3 Å². The van der Waals surface area contributed by atoms with Gasteiger partial charge in [0.1, 0.15) is 17.3 Å². The van der Waals surface area contributed by atoms with Crippen molar-refractivity contribution in [3.63, 3.8) is 0 Å². The monoisotopic (exact) mass is 486 g/mol. The molecule has 1 aliphatic rings. The number of amides is 1. The molecule has 31 heavy (non-hydrogen) atoms. The van der Waals surface area contributed by atoms with E-state index in [1.807, 2.05) is 25.1 Å². The lowest BCUT2D eigenvalue weighted by Crippen LogP contribution is -2.33. The molecule has 1 atom stereocenters. The van der Waals surface area contributed by atoms with E-state index in [9.17, 15) is 4.79 Å². The number of amidine groups is 1. The summed E-state index contributed by atoms with van der Waals surface area (Å²) in [7, 11) is 0. The molecule has 0 fully saturated rings. The number of ether oxygens (including phenoxy) is 1. The van der Waals surface area contributed by atoms with Gasteiger partial charge in [0.2, 0.25) is 0 Å². The van der Waals surface area contributed by atoms with Crippen molar-refractivity contribution in [1.29, 1.82) is 0 Å². The standard InChI is InChI=1S/C22H27ClN4O2.2ClH/c1-15-21(24)27-19-13-16(5-10-20(19)29-15)14-25-11-3-2-4-12-26-22(28)17-6-8-18(23)9-7-17;;/h5-10,13,15,25H,2-4,11-12,14H2,1H3,(H2,24,27)(H,26,28);2*1H. The van der Waals surface area contributed by atoms with Crippen LogP contribution in [0.5, 0.6) is 5.75 Å². The molecule has 1 unspecified atom stereocenters. The lowest BCUT2D eigenvalue weighted by Gasteiger charge is -2.21. The van der Waals surface area contributed by atoms with Crippen molar-refractivity contribution in [3.05, 3.63) is 58.6 Å². The summed E-state index contributed by atoms with van der Waals surface area (Å²) in [6, 6.07) is 12.9. The fourth-order valence-electron chi connectivity index (χ4n) is 3.03. The zero-order valence-corrected chi connectivity index (χ0v) is 19.8. The van der Waals surface area contributed by atoms with Gasteiger partial charge in [-0.15, -0.1) is 24.8 Å². The number of carbonyl (C=O) groups excluding carboxylic acids is 1. The third-order valence-corrected chi connectivity index (χ3v) is 5.00. The normalized spacial score (nSPS) is 14.3. The Labute approximate surface area is 200 Å². The Morgan fingerprint density at radius 2 is 1.81 bits per heavy atom. The van der Waals surface area contributed by atoms with E-state index in [1.54, 1.807) is 24.3 Å². The van der Waals surface area contributed by atoms with E-state index >= 15 is 0 Å². The quantitative estimate of drug-likeness (QED) is 0.449. The molecule has 2 aromatic rings. The van der Waals surface area contributed by atoms with Crippen molar-refractivity contribution in [2.45, 2.75) is 38.8 Å². The van der Waals surface area contributed by atoms with Crippen molar-refractivity contribution >= 4 is 53.8 Å². The molecule has 1 aliphatic heterocycles. The van der Waals surface area contributed by atoms with Crippen LogP contribution in [0.3, 0.4) is 0 Å². The maximum atomic E-state index is 12.0. The van der Waals surface area contributed by atoms with E-state index in [0.29, 0.717) is 23.0 Å². The Bertz CT molecular complexity index is 876. The summed E-state index contributed by atoms with van der Waals surface area (Å²) in [6.07, 6.45) is 2.86. The fourth-order valence-corrected chi connectivity index (χ4v) is 3.16. The number of fused-ring (bicyclic) bond motifs is 1. The van der Waals surface area contributed by atoms with Crippen LogP contribution in [-0.4, -0.2) is 30.9 Å². The second-order valence-corrected chi connectivity index (χ2v) is 7.54. The van der Waals surface area contributed by atoms with Gasteiger partial charge in [-0.25, -0.2) is 4.99 Å². The van der Waals surface area contributed by atoms with Crippen molar-refractivity contribution in [1.82, 2.24) is 10.6 Å². The van der Waals surface area contributed by atoms with Gasteiger partial charge in [-0.1, -0.05) is 24.1 Å². The van der Waals surface area contributed by atoms with Crippen LogP contribution in [-0.2, 0) is 6.54 Å². The van der Waals surface area contributed by atoms with E-state index in [2.05, 4.69) is 15.6 Å². The Morgan fingerprint density at radius 3 is 2.55 bits per heavy atom. The number of nitrogens with two attached hydrogens (primary N) is 1. The molecule has 0 spiro atoms. The molecule has 3 rings (SSSR count). The highest BCUT2D eigenvalue weighted by molar-refractivity contribution is 6.30. The van der Waals surface area contributed by atoms with Gasteiger partial charge in [0.25, 0.3) is 5.91 Å².